The molecule has 0 spiro atoms. The number of piperidine rings is 1. The molecule has 0 aliphatic carbocycles. The Morgan fingerprint density at radius 1 is 0.714 bits per heavy atom. The molecule has 8 heteroatoms. The van der Waals surface area contributed by atoms with E-state index in [0.29, 0.717) is 17.7 Å². The highest BCUT2D eigenvalue weighted by Gasteiger charge is 2.57. The second-order valence-electron chi connectivity index (χ2n) is 14.6. The normalized spacial score (nSPS) is 30.9. The molecule has 208 valence electrons. The second-order valence-corrected chi connectivity index (χ2v) is 14.6. The molecule has 3 rings (SSSR count). The molecule has 0 aromatic rings. The van der Waals surface area contributed by atoms with Crippen LogP contribution in [-0.4, -0.2) is 74.6 Å². The average molecular weight is 501 g/mol. The summed E-state index contributed by atoms with van der Waals surface area (Å²) in [5, 5.41) is 44.9. The molecule has 1 atom stereocenters. The summed E-state index contributed by atoms with van der Waals surface area (Å²) in [6, 6.07) is 0. The van der Waals surface area contributed by atoms with Crippen molar-refractivity contribution in [3.05, 3.63) is 5.21 Å². The van der Waals surface area contributed by atoms with Crippen molar-refractivity contribution in [2.24, 2.45) is 11.8 Å². The quantitative estimate of drug-likeness (QED) is 0.272. The van der Waals surface area contributed by atoms with Gasteiger partial charge in [-0.2, -0.15) is 10.1 Å². The van der Waals surface area contributed by atoms with Gasteiger partial charge in [0, 0.05) is 29.1 Å². The van der Waals surface area contributed by atoms with E-state index in [4.69, 9.17) is 0 Å². The molecular weight excluding hydrogens is 444 g/mol. The third-order valence-corrected chi connectivity index (χ3v) is 9.11. The van der Waals surface area contributed by atoms with Crippen molar-refractivity contribution in [2.45, 2.75) is 156 Å². The minimum Gasteiger partial charge on any atom is -0.715 e. The van der Waals surface area contributed by atoms with Gasteiger partial charge in [-0.15, -0.1) is 5.06 Å². The maximum atomic E-state index is 11.5. The third kappa shape index (κ3) is 5.98. The Morgan fingerprint density at radius 2 is 1.09 bits per heavy atom. The molecule has 3 N–H and O–H groups in total. The summed E-state index contributed by atoms with van der Waals surface area (Å²) in [7, 11) is 0. The van der Waals surface area contributed by atoms with Crippen LogP contribution < -0.4 is 0 Å². The molecular formula is C27H56N4O4. The zero-order valence-electron chi connectivity index (χ0n) is 25.3. The monoisotopic (exact) mass is 500 g/mol. The Bertz CT molecular complexity index is 768. The molecule has 8 nitrogen and oxygen atoms in total. The standard InChI is InChI=1S/C10H21NO.C9H19NO.C8H16N2O2/c1-8-6-9(2,3)11(12)10(4,5)7-8;1-7-6-8(2,3)10(11)9(7,4)5;1-6-9(11)7(2,3)8(4,5)10(6)12/h8,12H,6-7H2,1-5H3;7,11H,6H2,1-5H3;11H,1-5H3. The van der Waals surface area contributed by atoms with Gasteiger partial charge in [-0.05, 0) is 114 Å². The van der Waals surface area contributed by atoms with Crippen LogP contribution >= 0.6 is 0 Å². The van der Waals surface area contributed by atoms with Crippen LogP contribution in [0, 0.1) is 17.0 Å². The van der Waals surface area contributed by atoms with Crippen LogP contribution in [-0.2, 0) is 0 Å². The smallest absolute Gasteiger partial charge is 0.278 e. The summed E-state index contributed by atoms with van der Waals surface area (Å²) in [4.78, 5) is 0. The molecule has 3 heterocycles. The maximum Gasteiger partial charge on any atom is 0.278 e. The number of hydrogen-bond acceptors (Lipinski definition) is 7. The molecule has 0 amide bonds. The van der Waals surface area contributed by atoms with Crippen molar-refractivity contribution in [1.82, 2.24) is 15.2 Å². The van der Waals surface area contributed by atoms with Crippen LogP contribution in [0.2, 0.25) is 0 Å². The number of rotatable bonds is 0. The van der Waals surface area contributed by atoms with Crippen molar-refractivity contribution in [3.8, 4) is 0 Å². The van der Waals surface area contributed by atoms with E-state index in [1.165, 1.54) is 10.1 Å². The first-order chi connectivity index (χ1) is 15.3. The summed E-state index contributed by atoms with van der Waals surface area (Å²) in [5.74, 6) is 1.62. The molecule has 0 aromatic carbocycles. The van der Waals surface area contributed by atoms with Gasteiger partial charge in [-0.25, -0.2) is 5.21 Å². The lowest BCUT2D eigenvalue weighted by Gasteiger charge is -2.50. The molecule has 2 fully saturated rings. The van der Waals surface area contributed by atoms with Gasteiger partial charge in [0.05, 0.1) is 0 Å². The van der Waals surface area contributed by atoms with Crippen LogP contribution in [0.5, 0.6) is 0 Å². The van der Waals surface area contributed by atoms with Gasteiger partial charge < -0.3 is 15.6 Å². The van der Waals surface area contributed by atoms with Crippen molar-refractivity contribution in [1.29, 1.82) is 0 Å². The molecule has 0 bridgehead atoms. The van der Waals surface area contributed by atoms with Crippen LogP contribution in [0.15, 0.2) is 0 Å². The zero-order chi connectivity index (χ0) is 28.2. The maximum absolute atomic E-state index is 11.5. The lowest BCUT2D eigenvalue weighted by atomic mass is 9.76. The lowest BCUT2D eigenvalue weighted by Crippen LogP contribution is -2.58. The third-order valence-electron chi connectivity index (χ3n) is 9.11. The van der Waals surface area contributed by atoms with Crippen LogP contribution in [0.3, 0.4) is 0 Å². The van der Waals surface area contributed by atoms with E-state index in [1.54, 1.807) is 6.92 Å². The van der Waals surface area contributed by atoms with Gasteiger partial charge in [0.25, 0.3) is 5.84 Å². The SMILES string of the molecule is CC1=[N+]([O-])C(C)(C)C(C)(C)N1O.CC1CC(C)(C)N(O)C(C)(C)C1.CC1CC(C)(C)N(O)C1(C)C. The molecule has 0 saturated carbocycles. The first-order valence-corrected chi connectivity index (χ1v) is 13.1. The van der Waals surface area contributed by atoms with Crippen molar-refractivity contribution >= 4 is 5.84 Å². The average Bonchev–Trinajstić information content (AvgIpc) is 2.88. The fourth-order valence-electron chi connectivity index (χ4n) is 6.25. The largest absolute Gasteiger partial charge is 0.715 e. The summed E-state index contributed by atoms with van der Waals surface area (Å²) in [6.45, 7) is 30.1. The second kappa shape index (κ2) is 9.75. The van der Waals surface area contributed by atoms with Gasteiger partial charge in [-0.1, -0.05) is 13.8 Å². The molecule has 35 heavy (non-hydrogen) atoms. The number of nitrogens with zero attached hydrogens (tertiary/aromatic N) is 4. The Labute approximate surface area is 215 Å². The Morgan fingerprint density at radius 3 is 1.26 bits per heavy atom. The predicted molar refractivity (Wildman–Crippen MR) is 142 cm³/mol. The summed E-state index contributed by atoms with van der Waals surface area (Å²) < 4.78 is 0.854. The number of amidine groups is 1. The van der Waals surface area contributed by atoms with Gasteiger partial charge in [0.1, 0.15) is 5.54 Å². The topological polar surface area (TPSA) is 96.5 Å². The van der Waals surface area contributed by atoms with E-state index < -0.39 is 11.1 Å². The number of hydroxylamine groups is 7. The van der Waals surface area contributed by atoms with E-state index in [0.717, 1.165) is 29.1 Å². The fourth-order valence-corrected chi connectivity index (χ4v) is 6.25. The minimum atomic E-state index is -0.591. The number of hydrogen-bond donors (Lipinski definition) is 3. The zero-order valence-corrected chi connectivity index (χ0v) is 25.3. The molecule has 0 aromatic heterocycles. The van der Waals surface area contributed by atoms with Gasteiger partial charge in [-0.3, -0.25) is 4.74 Å². The van der Waals surface area contributed by atoms with Crippen LogP contribution in [0.1, 0.15) is 123 Å². The predicted octanol–water partition coefficient (Wildman–Crippen LogP) is 6.12. The first kappa shape index (κ1) is 32.1. The highest BCUT2D eigenvalue weighted by atomic mass is 16.5. The van der Waals surface area contributed by atoms with Crippen LogP contribution in [0.25, 0.3) is 0 Å². The van der Waals surface area contributed by atoms with Gasteiger partial charge in [0.15, 0.2) is 5.54 Å². The molecule has 0 radical (unpaired) electrons. The summed E-state index contributed by atoms with van der Waals surface area (Å²) >= 11 is 0. The first-order valence-electron chi connectivity index (χ1n) is 13.1. The highest BCUT2D eigenvalue weighted by Crippen LogP contribution is 2.43. The van der Waals surface area contributed by atoms with Crippen molar-refractivity contribution in [3.63, 3.8) is 0 Å². The van der Waals surface area contributed by atoms with E-state index >= 15 is 0 Å². The van der Waals surface area contributed by atoms with E-state index in [9.17, 15) is 20.8 Å². The Kier molecular flexibility index (Phi) is 8.94. The fraction of sp³-hybridized carbons (Fsp3) is 0.963. The molecule has 1 unspecified atom stereocenters. The van der Waals surface area contributed by atoms with Crippen molar-refractivity contribution < 1.29 is 20.4 Å². The van der Waals surface area contributed by atoms with E-state index in [1.807, 2.05) is 27.7 Å². The van der Waals surface area contributed by atoms with Crippen molar-refractivity contribution in [2.75, 3.05) is 0 Å². The lowest BCUT2D eigenvalue weighted by molar-refractivity contribution is -0.540. The Balaban J connectivity index is 0.000000263. The molecule has 2 saturated heterocycles. The summed E-state index contributed by atoms with van der Waals surface area (Å²) in [6.07, 6.45) is 3.22. The summed E-state index contributed by atoms with van der Waals surface area (Å²) in [5.41, 5.74) is -1.39. The Hall–Kier alpha value is -0.930. The van der Waals surface area contributed by atoms with E-state index in [-0.39, 0.29) is 22.2 Å². The molecule has 3 aliphatic heterocycles. The minimum absolute atomic E-state index is 0.0527. The van der Waals surface area contributed by atoms with E-state index in [2.05, 4.69) is 69.2 Å². The molecule has 3 aliphatic rings. The van der Waals surface area contributed by atoms with Gasteiger partial charge in [0.2, 0.25) is 0 Å². The highest BCUT2D eigenvalue weighted by molar-refractivity contribution is 5.76. The van der Waals surface area contributed by atoms with Gasteiger partial charge >= 0.3 is 0 Å². The van der Waals surface area contributed by atoms with Crippen LogP contribution in [0.4, 0.5) is 0 Å².